The van der Waals surface area contributed by atoms with Crippen LogP contribution in [0.25, 0.3) is 22.5 Å². The number of hydrogen-bond acceptors (Lipinski definition) is 0. The number of nitrogens with zero attached hydrogens (tertiary/aromatic N) is 2. The summed E-state index contributed by atoms with van der Waals surface area (Å²) in [6, 6.07) is 23.0. The summed E-state index contributed by atoms with van der Waals surface area (Å²) in [6.07, 6.45) is 3.42. The van der Waals surface area contributed by atoms with Crippen LogP contribution in [0, 0.1) is 18.0 Å². The molecule has 1 aromatic heterocycles. The molecule has 0 radical (unpaired) electrons. The van der Waals surface area contributed by atoms with Gasteiger partial charge in [-0.2, -0.15) is 0 Å². The first-order valence-corrected chi connectivity index (χ1v) is 9.27. The van der Waals surface area contributed by atoms with E-state index < -0.39 is 0 Å². The number of halogens is 3. The fraction of sp³-hybridized carbons (Fsp3) is 0.125. The van der Waals surface area contributed by atoms with Crippen LogP contribution in [0.5, 0.6) is 0 Å². The van der Waals surface area contributed by atoms with Crippen molar-refractivity contribution in [2.24, 2.45) is 0 Å². The van der Waals surface area contributed by atoms with Crippen molar-refractivity contribution >= 4 is 0 Å². The first-order chi connectivity index (χ1) is 13.7. The molecule has 0 aliphatic heterocycles. The monoisotopic (exact) mass is 516 g/mol. The van der Waals surface area contributed by atoms with Crippen molar-refractivity contribution in [2.45, 2.75) is 20.0 Å². The molecule has 6 heteroatoms. The molecule has 0 fully saturated rings. The van der Waals surface area contributed by atoms with Crippen molar-refractivity contribution in [3.05, 3.63) is 102 Å². The predicted molar refractivity (Wildman–Crippen MR) is 105 cm³/mol. The van der Waals surface area contributed by atoms with E-state index >= 15 is 0 Å². The zero-order valence-electron chi connectivity index (χ0n) is 16.2. The van der Waals surface area contributed by atoms with E-state index in [2.05, 4.69) is 18.5 Å². The molecule has 4 rings (SSSR count). The number of aryl methyl sites for hydroxylation is 1. The maximum atomic E-state index is 13.5. The fourth-order valence-corrected chi connectivity index (χ4v) is 3.41. The Morgan fingerprint density at radius 3 is 1.87 bits per heavy atom. The Bertz CT molecular complexity index is 1080. The Labute approximate surface area is 197 Å². The summed E-state index contributed by atoms with van der Waals surface area (Å²) < 4.78 is 31.1. The minimum atomic E-state index is -0.277. The quantitative estimate of drug-likeness (QED) is 0.218. The third-order valence-corrected chi connectivity index (χ3v) is 4.74. The summed E-state index contributed by atoms with van der Waals surface area (Å²) in [4.78, 5) is 0. The minimum absolute atomic E-state index is 0. The Morgan fingerprint density at radius 1 is 0.800 bits per heavy atom. The molecular formula is C24H20AgClF2N2. The predicted octanol–water partition coefficient (Wildman–Crippen LogP) is 2.26. The van der Waals surface area contributed by atoms with Gasteiger partial charge >= 0.3 is 22.4 Å². The minimum Gasteiger partial charge on any atom is -1.00 e. The molecule has 158 valence electrons. The summed E-state index contributed by atoms with van der Waals surface area (Å²) in [7, 11) is 0. The molecule has 2 nitrogen and oxygen atoms in total. The van der Waals surface area contributed by atoms with Crippen molar-refractivity contribution in [2.75, 3.05) is 0 Å². The van der Waals surface area contributed by atoms with Gasteiger partial charge in [0.1, 0.15) is 11.6 Å². The fourth-order valence-electron chi connectivity index (χ4n) is 3.41. The van der Waals surface area contributed by atoms with Gasteiger partial charge in [0.15, 0.2) is 0 Å². The largest absolute Gasteiger partial charge is 1.00 e. The molecule has 3 aromatic carbocycles. The van der Waals surface area contributed by atoms with Crippen LogP contribution in [0.2, 0.25) is 0 Å². The standard InChI is InChI=1S/C24H20F2N2.Ag.ClH/c1-2-27-17-28(16-18-6-4-3-5-7-18)24(20-10-14-22(26)15-11-20)23(27)19-8-12-21(25)13-9-19;;/h3-15H,2,16H2,1H3;;1H/q;+1;/p-1. The van der Waals surface area contributed by atoms with E-state index in [0.29, 0.717) is 13.1 Å². The van der Waals surface area contributed by atoms with E-state index in [0.717, 1.165) is 28.1 Å². The van der Waals surface area contributed by atoms with Crippen LogP contribution in [0.4, 0.5) is 8.78 Å². The zero-order valence-corrected chi connectivity index (χ0v) is 18.5. The SMILES string of the molecule is CCn1[c-][n+](Cc2ccccc2)c(-c2ccc(F)cc2)c1-c1ccc(F)cc1.[Ag+].[Cl-]. The van der Waals surface area contributed by atoms with Crippen molar-refractivity contribution in [3.8, 4) is 22.5 Å². The van der Waals surface area contributed by atoms with E-state index in [1.165, 1.54) is 24.3 Å². The molecule has 0 N–H and O–H groups in total. The van der Waals surface area contributed by atoms with Crippen LogP contribution in [0.1, 0.15) is 12.5 Å². The number of imidazole rings is 1. The van der Waals surface area contributed by atoms with Gasteiger partial charge in [-0.1, -0.05) is 54.6 Å². The van der Waals surface area contributed by atoms with Gasteiger partial charge in [-0.25, -0.2) is 8.78 Å². The van der Waals surface area contributed by atoms with E-state index in [1.54, 1.807) is 24.3 Å². The second kappa shape index (κ2) is 10.7. The molecule has 0 bridgehead atoms. The van der Waals surface area contributed by atoms with Crippen molar-refractivity contribution in [3.63, 3.8) is 0 Å². The summed E-state index contributed by atoms with van der Waals surface area (Å²) in [5.74, 6) is -0.552. The Morgan fingerprint density at radius 2 is 1.33 bits per heavy atom. The molecule has 0 unspecified atom stereocenters. The van der Waals surface area contributed by atoms with Gasteiger partial charge in [0.25, 0.3) is 0 Å². The molecule has 0 amide bonds. The average Bonchev–Trinajstić information content (AvgIpc) is 3.08. The van der Waals surface area contributed by atoms with Gasteiger partial charge in [-0.3, -0.25) is 0 Å². The molecule has 0 aliphatic carbocycles. The van der Waals surface area contributed by atoms with Gasteiger partial charge in [0.05, 0.1) is 13.1 Å². The molecule has 30 heavy (non-hydrogen) atoms. The molecule has 0 atom stereocenters. The second-order valence-electron chi connectivity index (χ2n) is 6.63. The second-order valence-corrected chi connectivity index (χ2v) is 6.63. The molecule has 0 saturated heterocycles. The summed E-state index contributed by atoms with van der Waals surface area (Å²) in [5, 5.41) is 0. The number of hydrogen-bond donors (Lipinski definition) is 0. The maximum Gasteiger partial charge on any atom is 1.00 e. The van der Waals surface area contributed by atoms with Gasteiger partial charge in [0, 0.05) is 11.4 Å². The molecule has 1 heterocycles. The summed E-state index contributed by atoms with van der Waals surface area (Å²) >= 11 is 0. The van der Waals surface area contributed by atoms with Crippen LogP contribution >= 0.6 is 0 Å². The maximum absolute atomic E-state index is 13.5. The van der Waals surface area contributed by atoms with Gasteiger partial charge in [0.2, 0.25) is 6.33 Å². The molecule has 4 aromatic rings. The molecule has 0 saturated carbocycles. The molecule has 0 spiro atoms. The first-order valence-electron chi connectivity index (χ1n) is 9.27. The Kier molecular flexibility index (Phi) is 8.56. The van der Waals surface area contributed by atoms with Gasteiger partial charge < -0.3 is 21.5 Å². The number of rotatable bonds is 5. The van der Waals surface area contributed by atoms with Crippen LogP contribution in [0.3, 0.4) is 0 Å². The smallest absolute Gasteiger partial charge is 1.00 e. The normalized spacial score (nSPS) is 10.2. The van der Waals surface area contributed by atoms with Crippen molar-refractivity contribution in [1.82, 2.24) is 4.57 Å². The average molecular weight is 518 g/mol. The van der Waals surface area contributed by atoms with Gasteiger partial charge in [-0.05, 0) is 47.9 Å². The van der Waals surface area contributed by atoms with Crippen LogP contribution < -0.4 is 17.0 Å². The van der Waals surface area contributed by atoms with Crippen LogP contribution in [-0.2, 0) is 35.5 Å². The van der Waals surface area contributed by atoms with Crippen molar-refractivity contribution in [1.29, 1.82) is 0 Å². The van der Waals surface area contributed by atoms with E-state index in [-0.39, 0.29) is 46.4 Å². The van der Waals surface area contributed by atoms with E-state index in [4.69, 9.17) is 0 Å². The number of aromatic nitrogens is 2. The molecule has 0 aliphatic rings. The topological polar surface area (TPSA) is 8.81 Å². The zero-order chi connectivity index (χ0) is 19.5. The van der Waals surface area contributed by atoms with Crippen LogP contribution in [0.15, 0.2) is 78.9 Å². The van der Waals surface area contributed by atoms with Gasteiger partial charge in [-0.15, -0.1) is 0 Å². The van der Waals surface area contributed by atoms with Crippen molar-refractivity contribution < 1.29 is 48.1 Å². The van der Waals surface area contributed by atoms with E-state index in [1.807, 2.05) is 34.3 Å². The molecular weight excluding hydrogens is 498 g/mol. The third-order valence-electron chi connectivity index (χ3n) is 4.74. The number of benzene rings is 3. The summed E-state index contributed by atoms with van der Waals surface area (Å²) in [6.45, 7) is 3.39. The Balaban J connectivity index is 0.00000160. The third kappa shape index (κ3) is 5.08. The first kappa shape index (κ1) is 24.0. The summed E-state index contributed by atoms with van der Waals surface area (Å²) in [5.41, 5.74) is 4.79. The van der Waals surface area contributed by atoms with Crippen LogP contribution in [-0.4, -0.2) is 4.57 Å². The van der Waals surface area contributed by atoms with E-state index in [9.17, 15) is 8.78 Å². The Hall–Kier alpha value is -2.24.